The van der Waals surface area contributed by atoms with Gasteiger partial charge < -0.3 is 10.8 Å². The predicted octanol–water partition coefficient (Wildman–Crippen LogP) is 3.43. The lowest BCUT2D eigenvalue weighted by Gasteiger charge is -2.11. The Bertz CT molecular complexity index is 1190. The Morgan fingerprint density at radius 3 is 2.19 bits per heavy atom. The molecule has 2 rings (SSSR count). The molecule has 160 valence electrons. The Morgan fingerprint density at radius 2 is 1.66 bits per heavy atom. The molecule has 3 N–H and O–H groups in total. The minimum atomic E-state index is -1.05. The maximum Gasteiger partial charge on any atom is 0.120 e. The van der Waals surface area contributed by atoms with Gasteiger partial charge in [0, 0.05) is 40.7 Å². The smallest absolute Gasteiger partial charge is 0.120 e. The van der Waals surface area contributed by atoms with Crippen molar-refractivity contribution in [3.63, 3.8) is 0 Å². The van der Waals surface area contributed by atoms with Crippen molar-refractivity contribution in [2.45, 2.75) is 52.2 Å². The molecule has 0 fully saturated rings. The summed E-state index contributed by atoms with van der Waals surface area (Å²) in [4.78, 5) is 8.50. The van der Waals surface area contributed by atoms with Crippen molar-refractivity contribution in [2.24, 2.45) is 5.73 Å². The third-order valence-corrected chi connectivity index (χ3v) is 4.28. The number of aliphatic hydroxyl groups is 1. The topological polar surface area (TPSA) is 72.0 Å². The van der Waals surface area contributed by atoms with E-state index < -0.39 is 5.60 Å². The summed E-state index contributed by atoms with van der Waals surface area (Å²) in [5.41, 5.74) is 9.59. The van der Waals surface area contributed by atoms with Crippen molar-refractivity contribution < 1.29 is 5.11 Å². The summed E-state index contributed by atoms with van der Waals surface area (Å²) in [6.07, 6.45) is 10.4. The molecule has 0 amide bonds. The van der Waals surface area contributed by atoms with Crippen LogP contribution in [0.25, 0.3) is 0 Å². The first-order valence-corrected chi connectivity index (χ1v) is 10.4. The van der Waals surface area contributed by atoms with Crippen molar-refractivity contribution >= 4 is 0 Å². The first-order chi connectivity index (χ1) is 15.2. The lowest BCUT2D eigenvalue weighted by Crippen LogP contribution is -2.22. The molecule has 0 aliphatic rings. The molecule has 0 spiro atoms. The van der Waals surface area contributed by atoms with Gasteiger partial charge in [0.25, 0.3) is 0 Å². The molecular weight excluding hydrogens is 394 g/mol. The third-order valence-electron chi connectivity index (χ3n) is 4.28. The number of nitrogens with zero attached hydrogens (tertiary/aromatic N) is 2. The second-order valence-electron chi connectivity index (χ2n) is 7.75. The van der Waals surface area contributed by atoms with Crippen LogP contribution in [-0.4, -0.2) is 26.7 Å². The number of allylic oxidation sites excluding steroid dienone is 1. The van der Waals surface area contributed by atoms with E-state index in [1.807, 2.05) is 19.1 Å². The Hall–Kier alpha value is -3.80. The van der Waals surface area contributed by atoms with E-state index in [-0.39, 0.29) is 6.04 Å². The van der Waals surface area contributed by atoms with E-state index in [2.05, 4.69) is 58.3 Å². The zero-order chi connectivity index (χ0) is 23.6. The lowest BCUT2D eigenvalue weighted by molar-refractivity contribution is 0.143. The number of rotatable bonds is 3. The molecule has 0 saturated heterocycles. The Kier molecular flexibility index (Phi) is 8.83. The zero-order valence-corrected chi connectivity index (χ0v) is 19.0. The molecule has 0 aliphatic carbocycles. The van der Waals surface area contributed by atoms with Crippen LogP contribution in [0.5, 0.6) is 0 Å². The van der Waals surface area contributed by atoms with Crippen LogP contribution in [0, 0.1) is 47.9 Å². The second kappa shape index (κ2) is 11.6. The van der Waals surface area contributed by atoms with Crippen molar-refractivity contribution in [3.8, 4) is 47.9 Å². The number of pyridine rings is 2. The minimum Gasteiger partial charge on any atom is -0.378 e. The summed E-state index contributed by atoms with van der Waals surface area (Å²) in [7, 11) is 0. The van der Waals surface area contributed by atoms with Gasteiger partial charge in [-0.1, -0.05) is 48.9 Å². The summed E-state index contributed by atoms with van der Waals surface area (Å²) in [5.74, 6) is 20.6. The van der Waals surface area contributed by atoms with E-state index in [0.29, 0.717) is 17.0 Å². The molecule has 4 nitrogen and oxygen atoms in total. The molecule has 0 bridgehead atoms. The molecule has 1 atom stereocenters. The predicted molar refractivity (Wildman–Crippen MR) is 129 cm³/mol. The van der Waals surface area contributed by atoms with Gasteiger partial charge in [0.1, 0.15) is 17.0 Å². The summed E-state index contributed by atoms with van der Waals surface area (Å²) in [6, 6.07) is 7.01. The summed E-state index contributed by atoms with van der Waals surface area (Å²) in [5, 5.41) is 9.71. The standard InChI is InChI=1S/C28H27N3O/c1-6-8-27(29)26(21(3)9-10-22-11-13-24(7-2)30-19-22)16-15-25-14-12-23(20-31-25)17-18-28(4,5)32/h2,11-14,19-20,27,32H,6,8,29H2,1,3-5H3/b26-21-. The molecule has 0 radical (unpaired) electrons. The van der Waals surface area contributed by atoms with Gasteiger partial charge in [-0.05, 0) is 57.4 Å². The fourth-order valence-electron chi connectivity index (χ4n) is 2.60. The van der Waals surface area contributed by atoms with Crippen LogP contribution in [-0.2, 0) is 0 Å². The summed E-state index contributed by atoms with van der Waals surface area (Å²) < 4.78 is 0. The van der Waals surface area contributed by atoms with Crippen LogP contribution in [0.2, 0.25) is 0 Å². The van der Waals surface area contributed by atoms with Gasteiger partial charge in [0.2, 0.25) is 0 Å². The van der Waals surface area contributed by atoms with Crippen LogP contribution in [0.4, 0.5) is 0 Å². The molecular formula is C28H27N3O. The van der Waals surface area contributed by atoms with Gasteiger partial charge in [-0.15, -0.1) is 6.42 Å². The fraction of sp³-hybridized carbons (Fsp3) is 0.286. The normalized spacial score (nSPS) is 11.9. The first-order valence-electron chi connectivity index (χ1n) is 10.4. The van der Waals surface area contributed by atoms with Crippen molar-refractivity contribution in [3.05, 3.63) is 70.3 Å². The average Bonchev–Trinajstić information content (AvgIpc) is 2.77. The number of hydrogen-bond acceptors (Lipinski definition) is 4. The quantitative estimate of drug-likeness (QED) is 0.745. The largest absolute Gasteiger partial charge is 0.378 e. The second-order valence-corrected chi connectivity index (χ2v) is 7.75. The molecule has 0 saturated carbocycles. The number of terminal acetylenes is 1. The van der Waals surface area contributed by atoms with E-state index in [0.717, 1.165) is 29.6 Å². The van der Waals surface area contributed by atoms with Crippen molar-refractivity contribution in [2.75, 3.05) is 0 Å². The van der Waals surface area contributed by atoms with Crippen molar-refractivity contribution in [1.82, 2.24) is 9.97 Å². The van der Waals surface area contributed by atoms with E-state index in [4.69, 9.17) is 12.2 Å². The van der Waals surface area contributed by atoms with E-state index in [9.17, 15) is 5.11 Å². The SMILES string of the molecule is C#Cc1ccc(C#C/C(C)=C(/C#Cc2ccc(C#CC(C)(C)O)cn2)C(N)CCC)cn1. The Labute approximate surface area is 191 Å². The first kappa shape index (κ1) is 24.5. The molecule has 2 aromatic rings. The Morgan fingerprint density at radius 1 is 1.03 bits per heavy atom. The van der Waals surface area contributed by atoms with Gasteiger partial charge in [-0.3, -0.25) is 0 Å². The highest BCUT2D eigenvalue weighted by Gasteiger charge is 2.09. The Balaban J connectivity index is 2.32. The average molecular weight is 422 g/mol. The molecule has 0 aromatic carbocycles. The molecule has 2 heterocycles. The number of nitrogens with two attached hydrogens (primary N) is 1. The van der Waals surface area contributed by atoms with Gasteiger partial charge in [0.05, 0.1) is 0 Å². The van der Waals surface area contributed by atoms with Gasteiger partial charge in [0.15, 0.2) is 0 Å². The molecule has 1 unspecified atom stereocenters. The van der Waals surface area contributed by atoms with Crippen LogP contribution >= 0.6 is 0 Å². The molecule has 4 heteroatoms. The van der Waals surface area contributed by atoms with Gasteiger partial charge >= 0.3 is 0 Å². The summed E-state index contributed by atoms with van der Waals surface area (Å²) in [6.45, 7) is 7.27. The highest BCUT2D eigenvalue weighted by atomic mass is 16.3. The highest BCUT2D eigenvalue weighted by molar-refractivity contribution is 5.50. The van der Waals surface area contributed by atoms with Crippen LogP contribution in [0.3, 0.4) is 0 Å². The fourth-order valence-corrected chi connectivity index (χ4v) is 2.60. The lowest BCUT2D eigenvalue weighted by atomic mass is 9.98. The van der Waals surface area contributed by atoms with Crippen LogP contribution in [0.15, 0.2) is 47.8 Å². The highest BCUT2D eigenvalue weighted by Crippen LogP contribution is 2.12. The van der Waals surface area contributed by atoms with E-state index >= 15 is 0 Å². The number of hydrogen-bond donors (Lipinski definition) is 2. The molecule has 32 heavy (non-hydrogen) atoms. The summed E-state index contributed by atoms with van der Waals surface area (Å²) >= 11 is 0. The van der Waals surface area contributed by atoms with E-state index in [1.54, 1.807) is 38.4 Å². The van der Waals surface area contributed by atoms with Crippen molar-refractivity contribution in [1.29, 1.82) is 0 Å². The minimum absolute atomic E-state index is 0.208. The monoisotopic (exact) mass is 421 g/mol. The van der Waals surface area contributed by atoms with Crippen LogP contribution < -0.4 is 5.73 Å². The van der Waals surface area contributed by atoms with Gasteiger partial charge in [-0.2, -0.15) is 0 Å². The van der Waals surface area contributed by atoms with E-state index in [1.165, 1.54) is 0 Å². The maximum absolute atomic E-state index is 9.71. The molecule has 2 aromatic heterocycles. The molecule has 0 aliphatic heterocycles. The third kappa shape index (κ3) is 8.14. The number of aromatic nitrogens is 2. The van der Waals surface area contributed by atoms with Gasteiger partial charge in [-0.25, -0.2) is 9.97 Å². The zero-order valence-electron chi connectivity index (χ0n) is 19.0. The maximum atomic E-state index is 9.71. The van der Waals surface area contributed by atoms with Crippen LogP contribution in [0.1, 0.15) is 63.1 Å².